The topological polar surface area (TPSA) is 70.1 Å². The molecule has 5 heteroatoms. The number of nitrogens with zero attached hydrogens (tertiary/aromatic N) is 2. The number of fused-ring (bicyclic) bond motifs is 1. The summed E-state index contributed by atoms with van der Waals surface area (Å²) < 4.78 is 0. The summed E-state index contributed by atoms with van der Waals surface area (Å²) in [6, 6.07) is 7.80. The van der Waals surface area contributed by atoms with Crippen LogP contribution < -0.4 is 5.43 Å². The second-order valence-electron chi connectivity index (χ2n) is 3.70. The van der Waals surface area contributed by atoms with Crippen LogP contribution in [0.3, 0.4) is 0 Å². The fourth-order valence-corrected chi connectivity index (χ4v) is 1.73. The van der Waals surface area contributed by atoms with Crippen molar-refractivity contribution >= 4 is 22.7 Å². The van der Waals surface area contributed by atoms with Gasteiger partial charge in [0.25, 0.3) is 0 Å². The number of imidazole rings is 1. The quantitative estimate of drug-likeness (QED) is 0.748. The molecule has 1 aromatic heterocycles. The molecule has 16 heavy (non-hydrogen) atoms. The van der Waals surface area contributed by atoms with Crippen LogP contribution in [-0.4, -0.2) is 21.6 Å². The number of hydrogen-bond acceptors (Lipinski definition) is 3. The minimum Gasteiger partial charge on any atom is -0.337 e. The van der Waals surface area contributed by atoms with E-state index >= 15 is 0 Å². The summed E-state index contributed by atoms with van der Waals surface area (Å²) in [6.45, 7) is 0. The fraction of sp³-hybridized carbons (Fsp3) is 0.182. The normalized spacial score (nSPS) is 16.0. The van der Waals surface area contributed by atoms with Gasteiger partial charge in [0, 0.05) is 12.8 Å². The van der Waals surface area contributed by atoms with Gasteiger partial charge in [0.05, 0.1) is 11.0 Å². The van der Waals surface area contributed by atoms with Crippen LogP contribution in [0.5, 0.6) is 0 Å². The molecular formula is C11H10N4O. The number of aromatic nitrogens is 2. The highest BCUT2D eigenvalue weighted by Crippen LogP contribution is 2.13. The molecule has 1 aliphatic heterocycles. The lowest BCUT2D eigenvalue weighted by Crippen LogP contribution is -2.26. The van der Waals surface area contributed by atoms with Gasteiger partial charge >= 0.3 is 0 Å². The van der Waals surface area contributed by atoms with Gasteiger partial charge in [0.2, 0.25) is 5.91 Å². The summed E-state index contributed by atoms with van der Waals surface area (Å²) in [5, 5.41) is 4.00. The molecule has 0 aliphatic carbocycles. The maximum atomic E-state index is 11.0. The molecule has 3 rings (SSSR count). The van der Waals surface area contributed by atoms with Crippen LogP contribution in [0.2, 0.25) is 0 Å². The average molecular weight is 214 g/mol. The van der Waals surface area contributed by atoms with Gasteiger partial charge in [0.15, 0.2) is 5.82 Å². The van der Waals surface area contributed by atoms with Crippen molar-refractivity contribution in [2.75, 3.05) is 0 Å². The number of rotatable bonds is 1. The Bertz CT molecular complexity index is 551. The molecule has 5 nitrogen and oxygen atoms in total. The predicted octanol–water partition coefficient (Wildman–Crippen LogP) is 1.18. The summed E-state index contributed by atoms with van der Waals surface area (Å²) in [7, 11) is 0. The first-order chi connectivity index (χ1) is 7.83. The molecule has 0 atom stereocenters. The molecule has 0 radical (unpaired) electrons. The first-order valence-corrected chi connectivity index (χ1v) is 5.13. The van der Waals surface area contributed by atoms with E-state index in [1.54, 1.807) is 0 Å². The Morgan fingerprint density at radius 3 is 2.81 bits per heavy atom. The molecule has 0 saturated heterocycles. The van der Waals surface area contributed by atoms with Crippen LogP contribution >= 0.6 is 0 Å². The summed E-state index contributed by atoms with van der Waals surface area (Å²) in [5.41, 5.74) is 5.16. The number of hydrazone groups is 1. The van der Waals surface area contributed by atoms with Gasteiger partial charge < -0.3 is 4.98 Å². The van der Waals surface area contributed by atoms with Gasteiger partial charge in [0.1, 0.15) is 5.71 Å². The van der Waals surface area contributed by atoms with Crippen molar-refractivity contribution in [3.63, 3.8) is 0 Å². The highest BCUT2D eigenvalue weighted by Gasteiger charge is 2.15. The van der Waals surface area contributed by atoms with Crippen molar-refractivity contribution in [3.8, 4) is 0 Å². The lowest BCUT2D eigenvalue weighted by Gasteiger charge is -2.08. The maximum Gasteiger partial charge on any atom is 0.240 e. The van der Waals surface area contributed by atoms with E-state index in [0.717, 1.165) is 22.6 Å². The molecule has 2 heterocycles. The van der Waals surface area contributed by atoms with Gasteiger partial charge in [-0.15, -0.1) is 0 Å². The predicted molar refractivity (Wildman–Crippen MR) is 60.0 cm³/mol. The van der Waals surface area contributed by atoms with Crippen LogP contribution in [0.4, 0.5) is 0 Å². The largest absolute Gasteiger partial charge is 0.337 e. The Labute approximate surface area is 91.6 Å². The minimum absolute atomic E-state index is 0.0418. The molecule has 0 fully saturated rings. The van der Waals surface area contributed by atoms with Crippen LogP contribution in [0, 0.1) is 0 Å². The molecule has 1 aromatic carbocycles. The van der Waals surface area contributed by atoms with Crippen molar-refractivity contribution in [3.05, 3.63) is 30.1 Å². The number of aromatic amines is 1. The zero-order valence-corrected chi connectivity index (χ0v) is 8.53. The van der Waals surface area contributed by atoms with Crippen molar-refractivity contribution in [1.82, 2.24) is 15.4 Å². The molecule has 1 amide bonds. The molecule has 0 spiro atoms. The van der Waals surface area contributed by atoms with Gasteiger partial charge in [-0.3, -0.25) is 4.79 Å². The Morgan fingerprint density at radius 1 is 1.19 bits per heavy atom. The fourth-order valence-electron chi connectivity index (χ4n) is 1.73. The van der Waals surface area contributed by atoms with Gasteiger partial charge in [-0.05, 0) is 12.1 Å². The van der Waals surface area contributed by atoms with Crippen LogP contribution in [0.15, 0.2) is 29.4 Å². The Kier molecular flexibility index (Phi) is 1.96. The molecule has 1 aliphatic rings. The number of carbonyl (C=O) groups is 1. The van der Waals surface area contributed by atoms with E-state index in [1.165, 1.54) is 0 Å². The highest BCUT2D eigenvalue weighted by atomic mass is 16.2. The number of hydrogen-bond donors (Lipinski definition) is 2. The summed E-state index contributed by atoms with van der Waals surface area (Å²) in [5.74, 6) is 0.695. The average Bonchev–Trinajstić information content (AvgIpc) is 2.73. The minimum atomic E-state index is -0.0418. The Morgan fingerprint density at radius 2 is 2.06 bits per heavy atom. The Balaban J connectivity index is 2.03. The first kappa shape index (κ1) is 9.08. The molecule has 0 bridgehead atoms. The van der Waals surface area contributed by atoms with Crippen LogP contribution in [-0.2, 0) is 4.79 Å². The standard InChI is InChI=1S/C11H10N4O/c16-10-6-5-9(14-15-10)11-12-7-3-1-2-4-8(7)13-11/h1-4H,5-6H2,(H,12,13)(H,15,16). The number of nitrogens with one attached hydrogen (secondary N) is 2. The highest BCUT2D eigenvalue weighted by molar-refractivity contribution is 6.03. The van der Waals surface area contributed by atoms with Crippen molar-refractivity contribution in [2.45, 2.75) is 12.8 Å². The summed E-state index contributed by atoms with van der Waals surface area (Å²) >= 11 is 0. The molecule has 0 unspecified atom stereocenters. The van der Waals surface area contributed by atoms with Crippen LogP contribution in [0.25, 0.3) is 11.0 Å². The lowest BCUT2D eigenvalue weighted by atomic mass is 10.2. The van der Waals surface area contributed by atoms with E-state index in [9.17, 15) is 4.79 Å². The second kappa shape index (κ2) is 3.44. The monoisotopic (exact) mass is 214 g/mol. The molecule has 0 saturated carbocycles. The number of benzene rings is 1. The van der Waals surface area contributed by atoms with E-state index in [4.69, 9.17) is 0 Å². The van der Waals surface area contributed by atoms with Crippen LogP contribution in [0.1, 0.15) is 18.7 Å². The maximum absolute atomic E-state index is 11.0. The number of carbonyl (C=O) groups excluding carboxylic acids is 1. The SMILES string of the molecule is O=C1CCC(c2nc3ccccc3[nH]2)=NN1. The van der Waals surface area contributed by atoms with Gasteiger partial charge in [-0.2, -0.15) is 5.10 Å². The zero-order chi connectivity index (χ0) is 11.0. The number of para-hydroxylation sites is 2. The van der Waals surface area contributed by atoms with E-state index < -0.39 is 0 Å². The van der Waals surface area contributed by atoms with Gasteiger partial charge in [-0.1, -0.05) is 12.1 Å². The van der Waals surface area contributed by atoms with Crippen molar-refractivity contribution in [2.24, 2.45) is 5.10 Å². The summed E-state index contributed by atoms with van der Waals surface area (Å²) in [4.78, 5) is 18.6. The first-order valence-electron chi connectivity index (χ1n) is 5.13. The molecular weight excluding hydrogens is 204 g/mol. The molecule has 2 aromatic rings. The lowest BCUT2D eigenvalue weighted by molar-refractivity contribution is -0.121. The van der Waals surface area contributed by atoms with E-state index in [-0.39, 0.29) is 5.91 Å². The number of amides is 1. The Hall–Kier alpha value is -2.17. The van der Waals surface area contributed by atoms with E-state index in [1.807, 2.05) is 24.3 Å². The zero-order valence-electron chi connectivity index (χ0n) is 8.53. The molecule has 2 N–H and O–H groups in total. The third-order valence-electron chi connectivity index (χ3n) is 2.57. The molecule has 80 valence electrons. The second-order valence-corrected chi connectivity index (χ2v) is 3.70. The van der Waals surface area contributed by atoms with Crippen molar-refractivity contribution < 1.29 is 4.79 Å². The summed E-state index contributed by atoms with van der Waals surface area (Å²) in [6.07, 6.45) is 1.10. The van der Waals surface area contributed by atoms with Crippen molar-refractivity contribution in [1.29, 1.82) is 0 Å². The third kappa shape index (κ3) is 1.46. The third-order valence-corrected chi connectivity index (χ3v) is 2.57. The van der Waals surface area contributed by atoms with E-state index in [0.29, 0.717) is 12.8 Å². The van der Waals surface area contributed by atoms with Gasteiger partial charge in [-0.25, -0.2) is 10.4 Å². The van der Waals surface area contributed by atoms with E-state index in [2.05, 4.69) is 20.5 Å². The smallest absolute Gasteiger partial charge is 0.240 e. The number of H-pyrrole nitrogens is 1.